The molecule has 1 aromatic heterocycles. The number of hydrogen-bond donors (Lipinski definition) is 2. The quantitative estimate of drug-likeness (QED) is 0.366. The summed E-state index contributed by atoms with van der Waals surface area (Å²) in [5.41, 5.74) is 6.56. The van der Waals surface area contributed by atoms with E-state index in [1.54, 1.807) is 0 Å². The maximum absolute atomic E-state index is 9.55. The van der Waals surface area contributed by atoms with Crippen LogP contribution in [-0.4, -0.2) is 57.8 Å². The van der Waals surface area contributed by atoms with Crippen LogP contribution >= 0.6 is 0 Å². The number of nitrogens with zero attached hydrogens (tertiary/aromatic N) is 3. The third-order valence-corrected chi connectivity index (χ3v) is 6.33. The molecule has 37 heavy (non-hydrogen) atoms. The minimum Gasteiger partial charge on any atom is -0.478 e. The first-order chi connectivity index (χ1) is 17.9. The van der Waals surface area contributed by atoms with E-state index >= 15 is 0 Å². The summed E-state index contributed by atoms with van der Waals surface area (Å²) in [4.78, 5) is 24.2. The summed E-state index contributed by atoms with van der Waals surface area (Å²) >= 11 is 0. The average Bonchev–Trinajstić information content (AvgIpc) is 3.27. The van der Waals surface area contributed by atoms with Crippen LogP contribution in [0, 0.1) is 6.92 Å². The Morgan fingerprint density at radius 1 is 0.784 bits per heavy atom. The summed E-state index contributed by atoms with van der Waals surface area (Å²) in [5.74, 6) is -2.51. The molecule has 7 nitrogen and oxygen atoms in total. The van der Waals surface area contributed by atoms with Crippen molar-refractivity contribution in [3.05, 3.63) is 108 Å². The number of fused-ring (bicyclic) bond motifs is 1. The van der Waals surface area contributed by atoms with Crippen LogP contribution in [0.25, 0.3) is 16.6 Å². The van der Waals surface area contributed by atoms with Gasteiger partial charge in [-0.05, 0) is 48.4 Å². The van der Waals surface area contributed by atoms with E-state index in [-0.39, 0.29) is 0 Å². The van der Waals surface area contributed by atoms with Crippen LogP contribution in [0.1, 0.15) is 11.1 Å². The van der Waals surface area contributed by atoms with Gasteiger partial charge in [-0.3, -0.25) is 4.90 Å². The van der Waals surface area contributed by atoms with Crippen LogP contribution in [0.5, 0.6) is 0 Å². The third-order valence-electron chi connectivity index (χ3n) is 6.33. The number of aliphatic carboxylic acids is 2. The Labute approximate surface area is 216 Å². The van der Waals surface area contributed by atoms with Gasteiger partial charge < -0.3 is 19.7 Å². The number of carboxylic acids is 2. The summed E-state index contributed by atoms with van der Waals surface area (Å²) in [6.45, 7) is 7.52. The molecule has 0 radical (unpaired) electrons. The van der Waals surface area contributed by atoms with E-state index < -0.39 is 11.9 Å². The van der Waals surface area contributed by atoms with Crippen molar-refractivity contribution in [1.82, 2.24) is 9.47 Å². The number of para-hydroxylation sites is 2. The summed E-state index contributed by atoms with van der Waals surface area (Å²) in [6.07, 6.45) is 3.45. The van der Waals surface area contributed by atoms with Crippen LogP contribution in [0.3, 0.4) is 0 Å². The molecule has 0 bridgehead atoms. The second-order valence-corrected chi connectivity index (χ2v) is 8.99. The second kappa shape index (κ2) is 12.1. The molecule has 0 spiro atoms. The number of anilines is 1. The Hall–Kier alpha value is -4.36. The van der Waals surface area contributed by atoms with Crippen molar-refractivity contribution in [1.29, 1.82) is 0 Å². The van der Waals surface area contributed by atoms with E-state index in [4.69, 9.17) is 10.2 Å². The summed E-state index contributed by atoms with van der Waals surface area (Å²) in [6, 6.07) is 28.3. The van der Waals surface area contributed by atoms with Crippen molar-refractivity contribution in [3.63, 3.8) is 0 Å². The number of piperazine rings is 1. The Kier molecular flexibility index (Phi) is 8.38. The maximum Gasteiger partial charge on any atom is 0.328 e. The number of aromatic nitrogens is 1. The number of carboxylic acid groups (broad SMARTS) is 2. The van der Waals surface area contributed by atoms with Crippen molar-refractivity contribution in [2.24, 2.45) is 0 Å². The second-order valence-electron chi connectivity index (χ2n) is 8.99. The molecule has 0 unspecified atom stereocenters. The molecule has 2 N–H and O–H groups in total. The van der Waals surface area contributed by atoms with Gasteiger partial charge >= 0.3 is 11.9 Å². The van der Waals surface area contributed by atoms with Gasteiger partial charge in [0.15, 0.2) is 0 Å². The SMILES string of the molecule is Cc1cccc(-n2cc(CN3CCN(c4ccccc4)CC3)c3ccccc32)c1.O=C(O)/C=C/C(=O)O. The van der Waals surface area contributed by atoms with Gasteiger partial charge in [-0.2, -0.15) is 0 Å². The van der Waals surface area contributed by atoms with Crippen LogP contribution in [-0.2, 0) is 16.1 Å². The normalized spacial score (nSPS) is 13.9. The molecule has 1 aliphatic heterocycles. The number of carbonyl (C=O) groups is 2. The Bertz CT molecular complexity index is 1370. The molecule has 1 fully saturated rings. The molecule has 7 heteroatoms. The molecule has 4 aromatic rings. The van der Waals surface area contributed by atoms with Gasteiger partial charge in [0.05, 0.1) is 5.52 Å². The minimum absolute atomic E-state index is 0.558. The first-order valence-electron chi connectivity index (χ1n) is 12.2. The molecule has 1 aliphatic rings. The lowest BCUT2D eigenvalue weighted by molar-refractivity contribution is -0.134. The molecule has 3 aromatic carbocycles. The first-order valence-corrected chi connectivity index (χ1v) is 12.2. The lowest BCUT2D eigenvalue weighted by Gasteiger charge is -2.36. The van der Waals surface area contributed by atoms with E-state index in [1.807, 2.05) is 0 Å². The molecular weight excluding hydrogens is 466 g/mol. The summed E-state index contributed by atoms with van der Waals surface area (Å²) < 4.78 is 2.35. The Morgan fingerprint density at radius 3 is 2.05 bits per heavy atom. The molecule has 1 saturated heterocycles. The van der Waals surface area contributed by atoms with Gasteiger partial charge in [0.2, 0.25) is 0 Å². The van der Waals surface area contributed by atoms with Crippen LogP contribution in [0.2, 0.25) is 0 Å². The molecule has 0 amide bonds. The fourth-order valence-corrected chi connectivity index (χ4v) is 4.55. The summed E-state index contributed by atoms with van der Waals surface area (Å²) in [5, 5.41) is 17.0. The Balaban J connectivity index is 0.000000349. The zero-order valence-electron chi connectivity index (χ0n) is 20.8. The van der Waals surface area contributed by atoms with Crippen LogP contribution in [0.15, 0.2) is 97.2 Å². The zero-order chi connectivity index (χ0) is 26.2. The zero-order valence-corrected chi connectivity index (χ0v) is 20.8. The number of rotatable bonds is 6. The molecular formula is C30H31N3O4. The monoisotopic (exact) mass is 497 g/mol. The summed E-state index contributed by atoms with van der Waals surface area (Å²) in [7, 11) is 0. The number of aryl methyl sites for hydroxylation is 1. The topological polar surface area (TPSA) is 86.0 Å². The highest BCUT2D eigenvalue weighted by molar-refractivity contribution is 5.89. The van der Waals surface area contributed by atoms with Crippen molar-refractivity contribution in [2.45, 2.75) is 13.5 Å². The third kappa shape index (κ3) is 6.86. The van der Waals surface area contributed by atoms with E-state index in [0.29, 0.717) is 12.2 Å². The van der Waals surface area contributed by atoms with Crippen molar-refractivity contribution in [2.75, 3.05) is 31.1 Å². The van der Waals surface area contributed by atoms with E-state index in [1.165, 1.54) is 33.4 Å². The number of hydrogen-bond acceptors (Lipinski definition) is 4. The Morgan fingerprint density at radius 2 is 1.41 bits per heavy atom. The highest BCUT2D eigenvalue weighted by atomic mass is 16.4. The van der Waals surface area contributed by atoms with Crippen molar-refractivity contribution >= 4 is 28.5 Å². The van der Waals surface area contributed by atoms with Gasteiger partial charge in [-0.25, -0.2) is 9.59 Å². The minimum atomic E-state index is -1.26. The van der Waals surface area contributed by atoms with Gasteiger partial charge in [0.25, 0.3) is 0 Å². The number of benzene rings is 3. The van der Waals surface area contributed by atoms with Crippen molar-refractivity contribution < 1.29 is 19.8 Å². The first kappa shape index (κ1) is 25.7. The van der Waals surface area contributed by atoms with E-state index in [9.17, 15) is 9.59 Å². The predicted octanol–water partition coefficient (Wildman–Crippen LogP) is 4.97. The van der Waals surface area contributed by atoms with Gasteiger partial charge in [-0.15, -0.1) is 0 Å². The molecule has 0 atom stereocenters. The standard InChI is InChI=1S/C26H27N3.C4H4O4/c1-21-8-7-11-24(18-21)29-20-22(25-12-5-6-13-26(25)29)19-27-14-16-28(17-15-27)23-9-3-2-4-10-23;5-3(6)1-2-4(7)8/h2-13,18,20H,14-17,19H2,1H3;1-2H,(H,5,6)(H,7,8)/b;2-1+. The van der Waals surface area contributed by atoms with Crippen LogP contribution in [0.4, 0.5) is 5.69 Å². The highest BCUT2D eigenvalue weighted by Crippen LogP contribution is 2.27. The van der Waals surface area contributed by atoms with E-state index in [0.717, 1.165) is 32.7 Å². The molecule has 190 valence electrons. The highest BCUT2D eigenvalue weighted by Gasteiger charge is 2.19. The fraction of sp³-hybridized carbons (Fsp3) is 0.200. The molecule has 0 aliphatic carbocycles. The average molecular weight is 498 g/mol. The fourth-order valence-electron chi connectivity index (χ4n) is 4.55. The lowest BCUT2D eigenvalue weighted by Crippen LogP contribution is -2.45. The molecule has 5 rings (SSSR count). The van der Waals surface area contributed by atoms with Gasteiger partial charge in [-0.1, -0.05) is 48.5 Å². The predicted molar refractivity (Wildman–Crippen MR) is 146 cm³/mol. The largest absolute Gasteiger partial charge is 0.478 e. The van der Waals surface area contributed by atoms with Gasteiger partial charge in [0.1, 0.15) is 0 Å². The van der Waals surface area contributed by atoms with E-state index in [2.05, 4.69) is 106 Å². The smallest absolute Gasteiger partial charge is 0.328 e. The molecule has 2 heterocycles. The maximum atomic E-state index is 9.55. The lowest BCUT2D eigenvalue weighted by atomic mass is 10.1. The molecule has 0 saturated carbocycles. The van der Waals surface area contributed by atoms with Crippen molar-refractivity contribution in [3.8, 4) is 5.69 Å². The van der Waals surface area contributed by atoms with Crippen LogP contribution < -0.4 is 4.90 Å². The van der Waals surface area contributed by atoms with Gasteiger partial charge in [0, 0.05) is 67.8 Å².